The van der Waals surface area contributed by atoms with Crippen LogP contribution in [0, 0.1) is 0 Å². The minimum absolute atomic E-state index is 0.0462. The number of carboxylic acids is 1. The molecule has 0 unspecified atom stereocenters. The molecule has 7 nitrogen and oxygen atoms in total. The highest BCUT2D eigenvalue weighted by atomic mass is 16.7. The summed E-state index contributed by atoms with van der Waals surface area (Å²) in [6.45, 7) is 0. The zero-order valence-corrected chi connectivity index (χ0v) is 16.0. The predicted octanol–water partition coefficient (Wildman–Crippen LogP) is 4.39. The van der Waals surface area contributed by atoms with Crippen molar-refractivity contribution in [2.75, 3.05) is 0 Å². The SMILES string of the molecule is O=C(O)CCc1ccc(OC2=C[C@@H](c3ccc(Oc4ccccc4)cc3)ON2)cn1. The second kappa shape index (κ2) is 9.11. The molecule has 2 aromatic carbocycles. The summed E-state index contributed by atoms with van der Waals surface area (Å²) >= 11 is 0. The highest BCUT2D eigenvalue weighted by Crippen LogP contribution is 2.28. The van der Waals surface area contributed by atoms with Gasteiger partial charge in [-0.05, 0) is 42.0 Å². The zero-order valence-electron chi connectivity index (χ0n) is 16.0. The molecule has 0 radical (unpaired) electrons. The summed E-state index contributed by atoms with van der Waals surface area (Å²) in [5, 5.41) is 8.73. The van der Waals surface area contributed by atoms with Gasteiger partial charge in [-0.2, -0.15) is 0 Å². The largest absolute Gasteiger partial charge is 0.481 e. The van der Waals surface area contributed by atoms with Crippen molar-refractivity contribution < 1.29 is 24.2 Å². The van der Waals surface area contributed by atoms with Crippen LogP contribution in [0.2, 0.25) is 0 Å². The molecule has 2 heterocycles. The van der Waals surface area contributed by atoms with Crippen LogP contribution < -0.4 is 15.0 Å². The number of carbonyl (C=O) groups is 1. The van der Waals surface area contributed by atoms with Crippen LogP contribution in [-0.4, -0.2) is 16.1 Å². The Hall–Kier alpha value is -3.84. The minimum Gasteiger partial charge on any atom is -0.481 e. The highest BCUT2D eigenvalue weighted by Gasteiger charge is 2.20. The van der Waals surface area contributed by atoms with Crippen molar-refractivity contribution in [3.8, 4) is 17.2 Å². The first-order valence-electron chi connectivity index (χ1n) is 9.47. The molecular weight excluding hydrogens is 384 g/mol. The fraction of sp³-hybridized carbons (Fsp3) is 0.130. The Bertz CT molecular complexity index is 1020. The molecule has 4 rings (SSSR count). The van der Waals surface area contributed by atoms with E-state index < -0.39 is 5.97 Å². The topological polar surface area (TPSA) is 89.9 Å². The molecular formula is C23H20N2O5. The normalized spacial score (nSPS) is 15.2. The lowest BCUT2D eigenvalue weighted by Crippen LogP contribution is -2.12. The molecule has 1 aromatic heterocycles. The van der Waals surface area contributed by atoms with E-state index in [4.69, 9.17) is 19.4 Å². The zero-order chi connectivity index (χ0) is 20.8. The number of aromatic nitrogens is 1. The number of nitrogens with zero attached hydrogens (tertiary/aromatic N) is 1. The van der Waals surface area contributed by atoms with Gasteiger partial charge in [-0.1, -0.05) is 30.3 Å². The first kappa shape index (κ1) is 19.5. The summed E-state index contributed by atoms with van der Waals surface area (Å²) in [6, 6.07) is 20.7. The first-order valence-corrected chi connectivity index (χ1v) is 9.47. The fourth-order valence-corrected chi connectivity index (χ4v) is 2.88. The van der Waals surface area contributed by atoms with E-state index >= 15 is 0 Å². The number of hydroxylamine groups is 1. The molecule has 0 spiro atoms. The second-order valence-corrected chi connectivity index (χ2v) is 6.64. The van der Waals surface area contributed by atoms with Crippen LogP contribution in [0.15, 0.2) is 84.9 Å². The van der Waals surface area contributed by atoms with Crippen molar-refractivity contribution in [1.29, 1.82) is 0 Å². The van der Waals surface area contributed by atoms with Crippen LogP contribution in [0.25, 0.3) is 0 Å². The molecule has 1 atom stereocenters. The van der Waals surface area contributed by atoms with Crippen LogP contribution >= 0.6 is 0 Å². The Labute approximate surface area is 173 Å². The van der Waals surface area contributed by atoms with Crippen molar-refractivity contribution in [1.82, 2.24) is 10.5 Å². The number of carboxylic acid groups (broad SMARTS) is 1. The lowest BCUT2D eigenvalue weighted by Gasteiger charge is -2.09. The first-order chi connectivity index (χ1) is 14.7. The van der Waals surface area contributed by atoms with Gasteiger partial charge in [0.2, 0.25) is 5.88 Å². The summed E-state index contributed by atoms with van der Waals surface area (Å²) in [7, 11) is 0. The molecule has 2 N–H and O–H groups in total. The second-order valence-electron chi connectivity index (χ2n) is 6.64. The Morgan fingerprint density at radius 3 is 2.40 bits per heavy atom. The Balaban J connectivity index is 1.34. The number of benzene rings is 2. The van der Waals surface area contributed by atoms with E-state index in [-0.39, 0.29) is 12.5 Å². The fourth-order valence-electron chi connectivity index (χ4n) is 2.88. The maximum absolute atomic E-state index is 10.6. The summed E-state index contributed by atoms with van der Waals surface area (Å²) in [6.07, 6.45) is 3.51. The van der Waals surface area contributed by atoms with Crippen molar-refractivity contribution >= 4 is 5.97 Å². The number of aliphatic carboxylic acids is 1. The molecule has 30 heavy (non-hydrogen) atoms. The molecule has 152 valence electrons. The minimum atomic E-state index is -0.847. The highest BCUT2D eigenvalue weighted by molar-refractivity contribution is 5.66. The van der Waals surface area contributed by atoms with Crippen molar-refractivity contribution in [3.63, 3.8) is 0 Å². The number of hydrogen-bond donors (Lipinski definition) is 2. The standard InChI is InChI=1S/C23H20N2O5/c26-23(27)13-9-17-8-12-20(15-24-17)29-22-14-21(30-25-22)16-6-10-19(11-7-16)28-18-4-2-1-3-5-18/h1-8,10-12,14-15,21,25H,9,13H2,(H,26,27)/t21-/m0/s1. The number of pyridine rings is 1. The van der Waals surface area contributed by atoms with Gasteiger partial charge >= 0.3 is 5.97 Å². The average molecular weight is 404 g/mol. The molecule has 0 amide bonds. The smallest absolute Gasteiger partial charge is 0.303 e. The summed E-state index contributed by atoms with van der Waals surface area (Å²) < 4.78 is 11.5. The monoisotopic (exact) mass is 404 g/mol. The Morgan fingerprint density at radius 2 is 1.70 bits per heavy atom. The van der Waals surface area contributed by atoms with Gasteiger partial charge in [0.05, 0.1) is 12.6 Å². The van der Waals surface area contributed by atoms with Gasteiger partial charge in [0, 0.05) is 18.2 Å². The van der Waals surface area contributed by atoms with E-state index in [9.17, 15) is 4.79 Å². The number of rotatable bonds is 8. The average Bonchev–Trinajstić information content (AvgIpc) is 3.23. The third-order valence-electron chi connectivity index (χ3n) is 4.40. The molecule has 1 aliphatic heterocycles. The number of nitrogens with one attached hydrogen (secondary N) is 1. The third kappa shape index (κ3) is 5.15. The van der Waals surface area contributed by atoms with Gasteiger partial charge in [0.1, 0.15) is 23.4 Å². The third-order valence-corrected chi connectivity index (χ3v) is 4.40. The van der Waals surface area contributed by atoms with Crippen LogP contribution in [0.3, 0.4) is 0 Å². The van der Waals surface area contributed by atoms with Crippen LogP contribution in [0.4, 0.5) is 0 Å². The van der Waals surface area contributed by atoms with Crippen LogP contribution in [0.5, 0.6) is 17.2 Å². The number of para-hydroxylation sites is 1. The molecule has 0 saturated carbocycles. The Morgan fingerprint density at radius 1 is 0.967 bits per heavy atom. The predicted molar refractivity (Wildman–Crippen MR) is 109 cm³/mol. The maximum Gasteiger partial charge on any atom is 0.303 e. The summed E-state index contributed by atoms with van der Waals surface area (Å²) in [5.41, 5.74) is 4.41. The molecule has 0 aliphatic carbocycles. The van der Waals surface area contributed by atoms with Crippen molar-refractivity contribution in [3.05, 3.63) is 96.1 Å². The van der Waals surface area contributed by atoms with Gasteiger partial charge in [-0.3, -0.25) is 14.6 Å². The lowest BCUT2D eigenvalue weighted by atomic mass is 10.1. The van der Waals surface area contributed by atoms with E-state index in [0.29, 0.717) is 23.7 Å². The number of ether oxygens (including phenoxy) is 2. The van der Waals surface area contributed by atoms with Crippen molar-refractivity contribution in [2.45, 2.75) is 18.9 Å². The lowest BCUT2D eigenvalue weighted by molar-refractivity contribution is -0.136. The van der Waals surface area contributed by atoms with E-state index in [1.165, 1.54) is 0 Å². The molecule has 0 fully saturated rings. The van der Waals surface area contributed by atoms with Crippen molar-refractivity contribution in [2.24, 2.45) is 0 Å². The Kier molecular flexibility index (Phi) is 5.91. The van der Waals surface area contributed by atoms with E-state index in [2.05, 4.69) is 10.5 Å². The molecule has 3 aromatic rings. The van der Waals surface area contributed by atoms with Gasteiger partial charge in [-0.15, -0.1) is 0 Å². The number of aryl methyl sites for hydroxylation is 1. The van der Waals surface area contributed by atoms with E-state index in [1.807, 2.05) is 60.7 Å². The number of hydrogen-bond acceptors (Lipinski definition) is 6. The molecule has 1 aliphatic rings. The van der Waals surface area contributed by atoms with Gasteiger partial charge < -0.3 is 14.6 Å². The van der Waals surface area contributed by atoms with Crippen LogP contribution in [0.1, 0.15) is 23.8 Å². The van der Waals surface area contributed by atoms with Gasteiger partial charge in [0.25, 0.3) is 0 Å². The van der Waals surface area contributed by atoms with Gasteiger partial charge in [0.15, 0.2) is 0 Å². The van der Waals surface area contributed by atoms with Crippen LogP contribution in [-0.2, 0) is 16.1 Å². The molecule has 0 bridgehead atoms. The summed E-state index contributed by atoms with van der Waals surface area (Å²) in [4.78, 5) is 20.4. The quantitative estimate of drug-likeness (QED) is 0.575. The molecule has 7 heteroatoms. The summed E-state index contributed by atoms with van der Waals surface area (Å²) in [5.74, 6) is 1.67. The van der Waals surface area contributed by atoms with E-state index in [0.717, 1.165) is 17.1 Å². The van der Waals surface area contributed by atoms with Gasteiger partial charge in [-0.25, -0.2) is 5.48 Å². The van der Waals surface area contributed by atoms with E-state index in [1.54, 1.807) is 18.3 Å². The maximum atomic E-state index is 10.6. The molecule has 0 saturated heterocycles.